The molecule has 4 rings (SSSR count). The van der Waals surface area contributed by atoms with Gasteiger partial charge >= 0.3 is 0 Å². The monoisotopic (exact) mass is 366 g/mol. The van der Waals surface area contributed by atoms with Crippen molar-refractivity contribution in [2.45, 2.75) is 19.8 Å². The van der Waals surface area contributed by atoms with Crippen LogP contribution in [-0.4, -0.2) is 60.4 Å². The fourth-order valence-corrected chi connectivity index (χ4v) is 3.65. The summed E-state index contributed by atoms with van der Waals surface area (Å²) in [7, 11) is 0. The molecule has 0 N–H and O–H groups in total. The van der Waals surface area contributed by atoms with Crippen molar-refractivity contribution in [3.63, 3.8) is 0 Å². The highest BCUT2D eigenvalue weighted by molar-refractivity contribution is 5.95. The molecule has 0 saturated carbocycles. The molecule has 2 fully saturated rings. The Balaban J connectivity index is 1.49. The Morgan fingerprint density at radius 3 is 2.52 bits per heavy atom. The number of likely N-dealkylation sites (tertiary alicyclic amines) is 1. The molecule has 2 aromatic rings. The lowest BCUT2D eigenvalue weighted by atomic mass is 9.98. The average molecular weight is 366 g/mol. The summed E-state index contributed by atoms with van der Waals surface area (Å²) in [5, 5.41) is 8.77. The van der Waals surface area contributed by atoms with Gasteiger partial charge < -0.3 is 14.5 Å². The minimum absolute atomic E-state index is 0.113. The summed E-state index contributed by atoms with van der Waals surface area (Å²) in [6, 6.07) is 11.7. The van der Waals surface area contributed by atoms with Gasteiger partial charge in [-0.2, -0.15) is 0 Å². The van der Waals surface area contributed by atoms with Gasteiger partial charge in [0.2, 0.25) is 0 Å². The van der Waals surface area contributed by atoms with Gasteiger partial charge in [-0.15, -0.1) is 10.2 Å². The van der Waals surface area contributed by atoms with E-state index in [4.69, 9.17) is 4.74 Å². The number of anilines is 1. The number of ether oxygens (including phenoxy) is 1. The van der Waals surface area contributed by atoms with E-state index in [0.29, 0.717) is 5.92 Å². The number of morpholine rings is 1. The lowest BCUT2D eigenvalue weighted by Crippen LogP contribution is -2.37. The molecule has 1 aromatic heterocycles. The van der Waals surface area contributed by atoms with Crippen molar-refractivity contribution in [2.24, 2.45) is 5.92 Å². The van der Waals surface area contributed by atoms with Crippen LogP contribution in [0.2, 0.25) is 0 Å². The van der Waals surface area contributed by atoms with E-state index in [9.17, 15) is 4.79 Å². The lowest BCUT2D eigenvalue weighted by molar-refractivity contribution is 0.0697. The predicted octanol–water partition coefficient (Wildman–Crippen LogP) is 2.85. The number of rotatable bonds is 3. The Bertz CT molecular complexity index is 779. The van der Waals surface area contributed by atoms with Crippen LogP contribution >= 0.6 is 0 Å². The van der Waals surface area contributed by atoms with Crippen LogP contribution in [0.1, 0.15) is 30.1 Å². The zero-order valence-corrected chi connectivity index (χ0v) is 15.8. The van der Waals surface area contributed by atoms with Gasteiger partial charge in [-0.3, -0.25) is 4.79 Å². The first-order chi connectivity index (χ1) is 13.2. The van der Waals surface area contributed by atoms with Crippen LogP contribution in [0.5, 0.6) is 0 Å². The van der Waals surface area contributed by atoms with Gasteiger partial charge in [0.05, 0.1) is 18.9 Å². The van der Waals surface area contributed by atoms with Gasteiger partial charge in [0.25, 0.3) is 5.91 Å². The summed E-state index contributed by atoms with van der Waals surface area (Å²) in [5.74, 6) is 1.69. The van der Waals surface area contributed by atoms with E-state index >= 15 is 0 Å². The van der Waals surface area contributed by atoms with Crippen LogP contribution in [0.25, 0.3) is 11.3 Å². The number of benzene rings is 1. The number of carbonyl (C=O) groups excluding carboxylic acids is 1. The highest BCUT2D eigenvalue weighted by Crippen LogP contribution is 2.23. The molecule has 1 amide bonds. The fraction of sp³-hybridized carbons (Fsp3) is 0.476. The highest BCUT2D eigenvalue weighted by Gasteiger charge is 2.21. The normalized spacial score (nSPS) is 18.6. The Kier molecular flexibility index (Phi) is 5.34. The molecule has 27 heavy (non-hydrogen) atoms. The first-order valence-corrected chi connectivity index (χ1v) is 9.77. The summed E-state index contributed by atoms with van der Waals surface area (Å²) >= 11 is 0. The second-order valence-electron chi connectivity index (χ2n) is 7.43. The summed E-state index contributed by atoms with van der Waals surface area (Å²) in [5.41, 5.74) is 2.43. The van der Waals surface area contributed by atoms with Crippen LogP contribution in [0, 0.1) is 5.92 Å². The van der Waals surface area contributed by atoms with E-state index in [1.54, 1.807) is 0 Å². The number of amides is 1. The molecule has 0 radical (unpaired) electrons. The number of aromatic nitrogens is 2. The first kappa shape index (κ1) is 17.9. The predicted molar refractivity (Wildman–Crippen MR) is 105 cm³/mol. The van der Waals surface area contributed by atoms with E-state index in [1.165, 1.54) is 0 Å². The molecule has 6 heteroatoms. The fourth-order valence-electron chi connectivity index (χ4n) is 3.65. The number of nitrogens with zero attached hydrogens (tertiary/aromatic N) is 4. The summed E-state index contributed by atoms with van der Waals surface area (Å²) in [6.07, 6.45) is 2.17. The second kappa shape index (κ2) is 8.05. The molecule has 1 aromatic carbocycles. The molecular formula is C21H26N4O2. The standard InChI is InChI=1S/C21H26N4O2/c1-16-7-9-25(10-8-16)21(26)18-4-2-3-17(15-18)19-5-6-20(23-22-19)24-11-13-27-14-12-24/h2-6,15-16H,7-14H2,1H3. The zero-order valence-electron chi connectivity index (χ0n) is 15.8. The first-order valence-electron chi connectivity index (χ1n) is 9.77. The van der Waals surface area contributed by atoms with Crippen molar-refractivity contribution in [3.8, 4) is 11.3 Å². The quantitative estimate of drug-likeness (QED) is 0.836. The third kappa shape index (κ3) is 4.11. The Hall–Kier alpha value is -2.47. The van der Waals surface area contributed by atoms with E-state index in [2.05, 4.69) is 22.0 Å². The average Bonchev–Trinajstić information content (AvgIpc) is 2.75. The van der Waals surface area contributed by atoms with Gasteiger partial charge in [0.1, 0.15) is 0 Å². The Morgan fingerprint density at radius 1 is 1.04 bits per heavy atom. The minimum atomic E-state index is 0.113. The van der Waals surface area contributed by atoms with Crippen LogP contribution in [-0.2, 0) is 4.74 Å². The zero-order chi connectivity index (χ0) is 18.6. The van der Waals surface area contributed by atoms with Gasteiger partial charge in [-0.25, -0.2) is 0 Å². The molecule has 0 spiro atoms. The van der Waals surface area contributed by atoms with Crippen molar-refractivity contribution >= 4 is 11.7 Å². The van der Waals surface area contributed by atoms with Gasteiger partial charge in [-0.05, 0) is 43.0 Å². The van der Waals surface area contributed by atoms with Crippen LogP contribution in [0.3, 0.4) is 0 Å². The molecule has 6 nitrogen and oxygen atoms in total. The molecular weight excluding hydrogens is 340 g/mol. The maximum atomic E-state index is 12.8. The number of piperidine rings is 1. The molecule has 142 valence electrons. The molecule has 0 aliphatic carbocycles. The number of hydrogen-bond donors (Lipinski definition) is 0. The van der Waals surface area contributed by atoms with Crippen molar-refractivity contribution in [1.29, 1.82) is 0 Å². The van der Waals surface area contributed by atoms with Crippen molar-refractivity contribution in [1.82, 2.24) is 15.1 Å². The third-order valence-corrected chi connectivity index (χ3v) is 5.46. The van der Waals surface area contributed by atoms with E-state index in [-0.39, 0.29) is 5.91 Å². The molecule has 0 unspecified atom stereocenters. The van der Waals surface area contributed by atoms with Crippen molar-refractivity contribution in [2.75, 3.05) is 44.3 Å². The Labute approximate surface area is 160 Å². The smallest absolute Gasteiger partial charge is 0.253 e. The van der Waals surface area contributed by atoms with E-state index < -0.39 is 0 Å². The molecule has 2 aliphatic rings. The summed E-state index contributed by atoms with van der Waals surface area (Å²) in [6.45, 7) is 7.07. The molecule has 0 bridgehead atoms. The Morgan fingerprint density at radius 2 is 1.81 bits per heavy atom. The van der Waals surface area contributed by atoms with Gasteiger partial charge in [0, 0.05) is 37.3 Å². The maximum absolute atomic E-state index is 12.8. The highest BCUT2D eigenvalue weighted by atomic mass is 16.5. The summed E-state index contributed by atoms with van der Waals surface area (Å²) < 4.78 is 5.38. The number of hydrogen-bond acceptors (Lipinski definition) is 5. The van der Waals surface area contributed by atoms with Gasteiger partial charge in [0.15, 0.2) is 5.82 Å². The van der Waals surface area contributed by atoms with E-state index in [1.807, 2.05) is 41.3 Å². The second-order valence-corrected chi connectivity index (χ2v) is 7.43. The lowest BCUT2D eigenvalue weighted by Gasteiger charge is -2.30. The SMILES string of the molecule is CC1CCN(C(=O)c2cccc(-c3ccc(N4CCOCC4)nn3)c2)CC1. The van der Waals surface area contributed by atoms with Crippen LogP contribution < -0.4 is 4.90 Å². The van der Waals surface area contributed by atoms with Crippen molar-refractivity contribution in [3.05, 3.63) is 42.0 Å². The topological polar surface area (TPSA) is 58.6 Å². The summed E-state index contributed by atoms with van der Waals surface area (Å²) in [4.78, 5) is 17.0. The molecule has 3 heterocycles. The maximum Gasteiger partial charge on any atom is 0.253 e. The molecule has 0 atom stereocenters. The molecule has 2 aliphatic heterocycles. The third-order valence-electron chi connectivity index (χ3n) is 5.46. The van der Waals surface area contributed by atoms with Crippen molar-refractivity contribution < 1.29 is 9.53 Å². The largest absolute Gasteiger partial charge is 0.378 e. The van der Waals surface area contributed by atoms with Crippen LogP contribution in [0.15, 0.2) is 36.4 Å². The molecule has 2 saturated heterocycles. The number of carbonyl (C=O) groups is 1. The van der Waals surface area contributed by atoms with E-state index in [0.717, 1.165) is 74.9 Å². The van der Waals surface area contributed by atoms with Gasteiger partial charge in [-0.1, -0.05) is 19.1 Å². The minimum Gasteiger partial charge on any atom is -0.378 e. The van der Waals surface area contributed by atoms with Crippen LogP contribution in [0.4, 0.5) is 5.82 Å².